The fourth-order valence-electron chi connectivity index (χ4n) is 14.9. The molecular weight excluding hydrogens is 1870 g/mol. The number of thioether (sulfide) groups is 1. The minimum absolute atomic E-state index is 0.0626. The summed E-state index contributed by atoms with van der Waals surface area (Å²) in [6, 6.07) is 8.43. The van der Waals surface area contributed by atoms with Crippen molar-refractivity contribution in [3.8, 4) is 23.0 Å². The van der Waals surface area contributed by atoms with Crippen molar-refractivity contribution in [2.24, 2.45) is 23.1 Å². The quantitative estimate of drug-likeness (QED) is 0.0228. The first-order chi connectivity index (χ1) is 67.6. The second-order valence-corrected chi connectivity index (χ2v) is 34.7. The molecule has 1 saturated heterocycles. The average Bonchev–Trinajstić information content (AvgIpc) is 1.66. The van der Waals surface area contributed by atoms with E-state index in [1.165, 1.54) is 123 Å². The number of aliphatic hydroxyl groups is 2. The van der Waals surface area contributed by atoms with Gasteiger partial charge >= 0.3 is 5.97 Å². The van der Waals surface area contributed by atoms with Gasteiger partial charge in [0, 0.05) is 74.0 Å². The number of carboxylic acid groups (broad SMARTS) is 1. The van der Waals surface area contributed by atoms with Gasteiger partial charge in [0.1, 0.15) is 108 Å². The number of carboxylic acids is 1. The molecule has 0 saturated carbocycles. The van der Waals surface area contributed by atoms with Crippen molar-refractivity contribution in [2.75, 3.05) is 24.7 Å². The molecule has 0 unspecified atom stereocenters. The van der Waals surface area contributed by atoms with E-state index in [-0.39, 0.29) is 57.4 Å². The number of carbonyl (C=O) groups excluding carboxylic acids is 18. The number of benzene rings is 6. The lowest BCUT2D eigenvalue weighted by Gasteiger charge is -2.30. The van der Waals surface area contributed by atoms with E-state index in [9.17, 15) is 78.9 Å². The van der Waals surface area contributed by atoms with Gasteiger partial charge < -0.3 is 143 Å². The number of nitrogens with zero attached hydrogens (tertiary/aromatic N) is 1. The number of nitrogens with one attached hydrogen (secondary N) is 17. The fraction of sp³-hybridized carbons (Fsp3) is 0.362. The van der Waals surface area contributed by atoms with Crippen LogP contribution in [0, 0.1) is 5.92 Å². The molecule has 142 heavy (non-hydrogen) atoms. The van der Waals surface area contributed by atoms with Crippen LogP contribution in [0.2, 0.25) is 0 Å². The SMILES string of the molecule is CC[C@H](C)[C@@H]1NC(=O)[C@H](Cc2c[nH]c3ccccc23)NC(=O)[C@H](CC(N)=O)NC(=O)[C@H](Cc2ccc(O)cc2)NC(=O)[C@H](Cc2ccc(O)cc2)NC(=O)CSC[C@@H](C(=O)NCC(N)=O)NC(=O)[C@H](CO)NC(=O)[C@H]([C@@H](C)O)NC(=O)[C@H](CC(N)=O)NC(=O)[C@H](Cc2ccc(O)cc2)NC(=O)[C@H](Cc2ccc(O)cc2)NC(=O)[C@H](Cc2ccccc2)NC(=O)[C@H](Cc2c[nH]cn2)NC(=O)[C@H](CC(=O)O)NC1=O. The molecule has 30 N–H and O–H groups in total. The number of rotatable bonds is 27. The fourth-order valence-corrected chi connectivity index (χ4v) is 15.7. The van der Waals surface area contributed by atoms with Gasteiger partial charge in [0.25, 0.3) is 0 Å². The topological polar surface area (TPSA) is 769 Å². The van der Waals surface area contributed by atoms with Crippen LogP contribution >= 0.6 is 11.8 Å². The van der Waals surface area contributed by atoms with Gasteiger partial charge in [-0.05, 0) is 101 Å². The summed E-state index contributed by atoms with van der Waals surface area (Å²) in [4.78, 5) is 285. The molecule has 16 atom stereocenters. The van der Waals surface area contributed by atoms with Gasteiger partial charge in [-0.2, -0.15) is 0 Å². The van der Waals surface area contributed by atoms with Crippen LogP contribution in [0.3, 0.4) is 0 Å². The number of aromatic amines is 2. The lowest BCUT2D eigenvalue weighted by atomic mass is 9.96. The van der Waals surface area contributed by atoms with E-state index in [4.69, 9.17) is 17.2 Å². The van der Waals surface area contributed by atoms with Crippen LogP contribution in [0.25, 0.3) is 10.9 Å². The molecule has 3 heterocycles. The summed E-state index contributed by atoms with van der Waals surface area (Å²) in [5, 5.41) is 111. The number of para-hydroxylation sites is 1. The molecule has 2 aromatic heterocycles. The monoisotopic (exact) mass is 1980 g/mol. The molecule has 1 fully saturated rings. The van der Waals surface area contributed by atoms with E-state index in [0.717, 1.165) is 6.92 Å². The maximum absolute atomic E-state index is 15.4. The van der Waals surface area contributed by atoms with Crippen LogP contribution in [0.5, 0.6) is 23.0 Å². The molecule has 0 aliphatic carbocycles. The van der Waals surface area contributed by atoms with E-state index in [1.807, 2.05) is 0 Å². The Kier molecular flexibility index (Phi) is 40.6. The molecule has 6 aromatic carbocycles. The van der Waals surface area contributed by atoms with E-state index in [0.29, 0.717) is 33.8 Å². The summed E-state index contributed by atoms with van der Waals surface area (Å²) in [6.07, 6.45) is -4.51. The Hall–Kier alpha value is -16.5. The molecular formula is C94H113N21O26S. The molecule has 8 aromatic rings. The molecule has 756 valence electrons. The van der Waals surface area contributed by atoms with Gasteiger partial charge in [-0.25, -0.2) is 4.98 Å². The molecule has 18 amide bonds. The lowest BCUT2D eigenvalue weighted by molar-refractivity contribution is -0.142. The van der Waals surface area contributed by atoms with E-state index >= 15 is 47.9 Å². The Bertz CT molecular complexity index is 5820. The Morgan fingerprint density at radius 1 is 0.401 bits per heavy atom. The van der Waals surface area contributed by atoms with E-state index < -0.39 is 298 Å². The number of amides is 18. The van der Waals surface area contributed by atoms with Gasteiger partial charge in [0.2, 0.25) is 106 Å². The van der Waals surface area contributed by atoms with Crippen molar-refractivity contribution in [1.29, 1.82) is 0 Å². The number of hydrogen-bond donors (Lipinski definition) is 27. The number of phenols is 4. The Labute approximate surface area is 814 Å². The second-order valence-electron chi connectivity index (χ2n) is 33.7. The zero-order valence-electron chi connectivity index (χ0n) is 77.0. The number of carbonyl (C=O) groups is 19. The number of hydrogen-bond acceptors (Lipinski definition) is 27. The number of imidazole rings is 1. The highest BCUT2D eigenvalue weighted by atomic mass is 32.2. The number of aliphatic hydroxyl groups excluding tert-OH is 2. The number of phenolic OH excluding ortho intramolecular Hbond substituents is 4. The third-order valence-electron chi connectivity index (χ3n) is 22.7. The van der Waals surface area contributed by atoms with Gasteiger partial charge in [0.15, 0.2) is 0 Å². The molecule has 48 heteroatoms. The lowest BCUT2D eigenvalue weighted by Crippen LogP contribution is -2.63. The first kappa shape index (κ1) is 109. The summed E-state index contributed by atoms with van der Waals surface area (Å²) in [5.74, 6) is -27.1. The maximum Gasteiger partial charge on any atom is 0.305 e. The average molecular weight is 1990 g/mol. The number of H-pyrrole nitrogens is 2. The zero-order chi connectivity index (χ0) is 104. The van der Waals surface area contributed by atoms with Crippen molar-refractivity contribution < 1.29 is 127 Å². The molecule has 1 aliphatic rings. The molecule has 0 bridgehead atoms. The predicted molar refractivity (Wildman–Crippen MR) is 506 cm³/mol. The van der Waals surface area contributed by atoms with Crippen LogP contribution in [0.15, 0.2) is 170 Å². The summed E-state index contributed by atoms with van der Waals surface area (Å²) >= 11 is 0.599. The molecule has 1 aliphatic heterocycles. The van der Waals surface area contributed by atoms with Crippen molar-refractivity contribution in [2.45, 2.75) is 182 Å². The highest BCUT2D eigenvalue weighted by molar-refractivity contribution is 8.00. The smallest absolute Gasteiger partial charge is 0.305 e. The highest BCUT2D eigenvalue weighted by Gasteiger charge is 2.42. The van der Waals surface area contributed by atoms with Crippen molar-refractivity contribution in [3.05, 3.63) is 209 Å². The largest absolute Gasteiger partial charge is 0.508 e. The zero-order valence-corrected chi connectivity index (χ0v) is 77.8. The standard InChI is InChI=1S/C94H113N21O26S/c1-4-47(2)79-93(140)111-71(39-78(126)127)89(136)108-68(36-55-41-98-46-101-55)87(134)106-63(30-49-10-6-5-7-11-49)83(130)104-64(32-51-16-24-57(119)25-17-51)84(131)105-66(34-53-20-28-59(121)29-21-53)86(133)110-70(38-75(96)123)91(138)115-80(48(3)117)94(141)112-72(43-116)92(139)113-73(81(128)100-42-76(97)124)44-142-45-77(125)102-62(31-50-14-22-56(118)23-15-50)82(129)103-65(33-52-18-26-58(120)27-19-52)85(132)109-69(37-74(95)122)88(135)107-67(90(137)114-79)35-54-40-99-61-13-9-8-12-60(54)61/h5-29,40-41,46-48,62-73,79-80,99,116-121H,4,30-39,42-45H2,1-3H3,(H2,95,122)(H2,96,123)(H2,97,124)(H,98,101)(H,100,128)(H,102,125)(H,103,129)(H,104,130)(H,105,131)(H,106,134)(H,107,135)(H,108,136)(H,109,132)(H,110,133)(H,111,140)(H,112,141)(H,113,139)(H,114,137)(H,115,138)(H,126,127)/t47-,48+,62-,63-,64-,65-,66-,67-,68-,69-,70-,71-,72-,73-,79-,80-/m0/s1. The Morgan fingerprint density at radius 3 is 1.16 bits per heavy atom. The number of aromatic nitrogens is 3. The molecule has 0 spiro atoms. The second kappa shape index (κ2) is 52.9. The molecule has 9 rings (SSSR count). The maximum atomic E-state index is 15.4. The molecule has 0 radical (unpaired) electrons. The van der Waals surface area contributed by atoms with Gasteiger partial charge in [-0.3, -0.25) is 91.1 Å². The Balaban J connectivity index is 1.13. The number of aliphatic carboxylic acids is 1. The van der Waals surface area contributed by atoms with Crippen molar-refractivity contribution >= 4 is 135 Å². The summed E-state index contributed by atoms with van der Waals surface area (Å²) < 4.78 is 0. The summed E-state index contributed by atoms with van der Waals surface area (Å²) in [7, 11) is 0. The van der Waals surface area contributed by atoms with Crippen LogP contribution < -0.4 is 97.0 Å². The van der Waals surface area contributed by atoms with E-state index in [1.54, 1.807) is 61.5 Å². The van der Waals surface area contributed by atoms with Gasteiger partial charge in [0.05, 0.1) is 56.3 Å². The highest BCUT2D eigenvalue weighted by Crippen LogP contribution is 2.24. The van der Waals surface area contributed by atoms with Crippen LogP contribution in [-0.4, -0.2) is 278 Å². The number of aromatic hydroxyl groups is 4. The normalized spacial score (nSPS) is 22.7. The van der Waals surface area contributed by atoms with Gasteiger partial charge in [-0.1, -0.05) is 117 Å². The van der Waals surface area contributed by atoms with Crippen molar-refractivity contribution in [3.63, 3.8) is 0 Å². The number of primary amides is 3. The number of nitrogens with two attached hydrogens (primary N) is 3. The first-order valence-corrected chi connectivity index (χ1v) is 45.9. The molecule has 47 nitrogen and oxygen atoms in total. The first-order valence-electron chi connectivity index (χ1n) is 44.7. The summed E-state index contributed by atoms with van der Waals surface area (Å²) in [6.45, 7) is 1.92. The van der Waals surface area contributed by atoms with Gasteiger partial charge in [-0.15, -0.1) is 11.8 Å². The minimum atomic E-state index is -2.19. The van der Waals surface area contributed by atoms with Crippen LogP contribution in [0.1, 0.15) is 85.5 Å². The minimum Gasteiger partial charge on any atom is -0.508 e. The third-order valence-corrected chi connectivity index (χ3v) is 23.7. The van der Waals surface area contributed by atoms with Crippen LogP contribution in [0.4, 0.5) is 0 Å². The number of fused-ring (bicyclic) bond motifs is 1. The van der Waals surface area contributed by atoms with Crippen LogP contribution in [-0.2, 0) is 136 Å². The van der Waals surface area contributed by atoms with Crippen molar-refractivity contribution in [1.82, 2.24) is 94.7 Å². The Morgan fingerprint density at radius 2 is 0.754 bits per heavy atom. The predicted octanol–water partition coefficient (Wildman–Crippen LogP) is -5.51. The van der Waals surface area contributed by atoms with E-state index in [2.05, 4.69) is 94.7 Å². The third kappa shape index (κ3) is 34.0. The summed E-state index contributed by atoms with van der Waals surface area (Å²) in [5.41, 5.74) is 19.1.